The molecular formula is C12H15N3O3S2. The maximum absolute atomic E-state index is 11.1. The first-order valence-corrected chi connectivity index (χ1v) is 7.66. The summed E-state index contributed by atoms with van der Waals surface area (Å²) in [5.74, 6) is 0. The molecule has 0 aliphatic carbocycles. The van der Waals surface area contributed by atoms with Crippen molar-refractivity contribution in [3.8, 4) is 0 Å². The number of nitrogens with zero attached hydrogens (tertiary/aromatic N) is 3. The minimum atomic E-state index is -0.706. The van der Waals surface area contributed by atoms with Crippen molar-refractivity contribution in [3.63, 3.8) is 0 Å². The monoisotopic (exact) mass is 313 g/mol. The first kappa shape index (κ1) is 14.9. The number of aliphatic hydroxyl groups is 1. The average molecular weight is 313 g/mol. The second-order valence-electron chi connectivity index (χ2n) is 4.49. The van der Waals surface area contributed by atoms with Gasteiger partial charge in [0.25, 0.3) is 0 Å². The van der Waals surface area contributed by atoms with Crippen LogP contribution in [0.1, 0.15) is 28.6 Å². The van der Waals surface area contributed by atoms with E-state index >= 15 is 0 Å². The number of hydrogen-bond acceptors (Lipinski definition) is 7. The molecule has 0 saturated heterocycles. The molecule has 6 nitrogen and oxygen atoms in total. The summed E-state index contributed by atoms with van der Waals surface area (Å²) >= 11 is 2.79. The summed E-state index contributed by atoms with van der Waals surface area (Å²) in [5.41, 5.74) is 0.914. The summed E-state index contributed by atoms with van der Waals surface area (Å²) in [6.07, 6.45) is -0.706. The fourth-order valence-electron chi connectivity index (χ4n) is 1.80. The summed E-state index contributed by atoms with van der Waals surface area (Å²) in [6.45, 7) is 4.03. The maximum Gasteiger partial charge on any atom is 0.304 e. The molecule has 0 aromatic carbocycles. The summed E-state index contributed by atoms with van der Waals surface area (Å²) in [7, 11) is 1.79. The normalized spacial score (nSPS) is 12.4. The molecule has 1 atom stereocenters. The van der Waals surface area contributed by atoms with E-state index in [1.807, 2.05) is 12.3 Å². The summed E-state index contributed by atoms with van der Waals surface area (Å²) in [6, 6.07) is 1.44. The molecule has 8 heteroatoms. The minimum Gasteiger partial charge on any atom is -0.388 e. The highest BCUT2D eigenvalue weighted by Crippen LogP contribution is 2.40. The number of aromatic nitrogens is 1. The Balaban J connectivity index is 2.28. The molecule has 0 unspecified atom stereocenters. The van der Waals surface area contributed by atoms with E-state index in [1.165, 1.54) is 17.4 Å². The average Bonchev–Trinajstić information content (AvgIpc) is 2.95. The number of thiazole rings is 1. The van der Waals surface area contributed by atoms with Gasteiger partial charge in [-0.25, -0.2) is 4.98 Å². The van der Waals surface area contributed by atoms with E-state index in [0.29, 0.717) is 16.4 Å². The number of aliphatic hydroxyl groups excluding tert-OH is 1. The van der Waals surface area contributed by atoms with Gasteiger partial charge in [0.15, 0.2) is 5.00 Å². The number of nitro groups is 1. The summed E-state index contributed by atoms with van der Waals surface area (Å²) in [4.78, 5) is 17.4. The van der Waals surface area contributed by atoms with Gasteiger partial charge >= 0.3 is 5.69 Å². The zero-order valence-corrected chi connectivity index (χ0v) is 13.0. The van der Waals surface area contributed by atoms with Gasteiger partial charge in [-0.15, -0.1) is 22.7 Å². The zero-order chi connectivity index (χ0) is 14.9. The molecule has 0 bridgehead atoms. The molecule has 2 aromatic heterocycles. The Labute approximate surface area is 124 Å². The van der Waals surface area contributed by atoms with Gasteiger partial charge in [-0.05, 0) is 13.8 Å². The van der Waals surface area contributed by atoms with Crippen LogP contribution in [-0.2, 0) is 6.54 Å². The number of hydrogen-bond donors (Lipinski definition) is 1. The first-order chi connectivity index (χ1) is 9.38. The molecule has 0 spiro atoms. The van der Waals surface area contributed by atoms with Crippen molar-refractivity contribution in [2.24, 2.45) is 0 Å². The molecular weight excluding hydrogens is 298 g/mol. The largest absolute Gasteiger partial charge is 0.388 e. The van der Waals surface area contributed by atoms with Gasteiger partial charge < -0.3 is 10.0 Å². The summed E-state index contributed by atoms with van der Waals surface area (Å²) < 4.78 is 0. The van der Waals surface area contributed by atoms with Crippen LogP contribution in [0.4, 0.5) is 10.7 Å². The Morgan fingerprint density at radius 3 is 2.80 bits per heavy atom. The maximum atomic E-state index is 11.1. The van der Waals surface area contributed by atoms with Crippen LogP contribution in [-0.4, -0.2) is 22.1 Å². The molecule has 108 valence electrons. The van der Waals surface area contributed by atoms with E-state index in [0.717, 1.165) is 10.7 Å². The first-order valence-electron chi connectivity index (χ1n) is 5.96. The van der Waals surface area contributed by atoms with Gasteiger partial charge in [0.05, 0.1) is 28.3 Å². The predicted molar refractivity (Wildman–Crippen MR) is 80.6 cm³/mol. The predicted octanol–water partition coefficient (Wildman–Crippen LogP) is 3.11. The molecule has 2 heterocycles. The Morgan fingerprint density at radius 2 is 2.30 bits per heavy atom. The lowest BCUT2D eigenvalue weighted by Crippen LogP contribution is -2.16. The van der Waals surface area contributed by atoms with Crippen molar-refractivity contribution in [2.75, 3.05) is 11.9 Å². The number of rotatable bonds is 5. The highest BCUT2D eigenvalue weighted by molar-refractivity contribution is 7.16. The van der Waals surface area contributed by atoms with Crippen molar-refractivity contribution in [3.05, 3.63) is 37.1 Å². The molecule has 2 rings (SSSR count). The third-order valence-corrected chi connectivity index (χ3v) is 4.96. The minimum absolute atomic E-state index is 0.0281. The van der Waals surface area contributed by atoms with Crippen LogP contribution in [0.25, 0.3) is 0 Å². The highest BCUT2D eigenvalue weighted by Gasteiger charge is 2.24. The Hall–Kier alpha value is -1.51. The van der Waals surface area contributed by atoms with Gasteiger partial charge in [0, 0.05) is 23.4 Å². The Kier molecular flexibility index (Phi) is 4.36. The van der Waals surface area contributed by atoms with Gasteiger partial charge in [0.2, 0.25) is 0 Å². The Bertz CT molecular complexity index is 621. The van der Waals surface area contributed by atoms with Crippen molar-refractivity contribution in [2.45, 2.75) is 26.5 Å². The number of anilines is 1. The molecule has 2 aromatic rings. The highest BCUT2D eigenvalue weighted by atomic mass is 32.1. The quantitative estimate of drug-likeness (QED) is 0.677. The topological polar surface area (TPSA) is 79.5 Å². The molecule has 0 fully saturated rings. The van der Waals surface area contributed by atoms with Crippen LogP contribution in [0.3, 0.4) is 0 Å². The lowest BCUT2D eigenvalue weighted by atomic mass is 10.3. The fourth-order valence-corrected chi connectivity index (χ4v) is 3.42. The molecule has 1 N–H and O–H groups in total. The van der Waals surface area contributed by atoms with Crippen molar-refractivity contribution < 1.29 is 10.0 Å². The smallest absolute Gasteiger partial charge is 0.304 e. The van der Waals surface area contributed by atoms with Gasteiger partial charge in [-0.2, -0.15) is 0 Å². The van der Waals surface area contributed by atoms with Gasteiger partial charge in [0.1, 0.15) is 0 Å². The van der Waals surface area contributed by atoms with E-state index in [-0.39, 0.29) is 5.69 Å². The number of aryl methyl sites for hydroxylation is 1. The van der Waals surface area contributed by atoms with Crippen LogP contribution in [0.5, 0.6) is 0 Å². The van der Waals surface area contributed by atoms with Gasteiger partial charge in [-0.1, -0.05) is 0 Å². The van der Waals surface area contributed by atoms with Crippen molar-refractivity contribution in [1.82, 2.24) is 4.98 Å². The lowest BCUT2D eigenvalue weighted by molar-refractivity contribution is -0.383. The fraction of sp³-hybridized carbons (Fsp3) is 0.417. The Morgan fingerprint density at radius 1 is 1.60 bits per heavy atom. The van der Waals surface area contributed by atoms with Gasteiger partial charge in [-0.3, -0.25) is 10.1 Å². The number of thiophene rings is 1. The van der Waals surface area contributed by atoms with Crippen molar-refractivity contribution in [1.29, 1.82) is 0 Å². The second-order valence-corrected chi connectivity index (χ2v) is 6.61. The molecule has 0 amide bonds. The SMILES string of the molecule is Cc1nc(CN(C)c2sc([C@@H](C)O)cc2[N+](=O)[O-])cs1. The standard InChI is InChI=1S/C12H15N3O3S2/c1-7(16)11-4-10(15(17)18)12(20-11)14(3)5-9-6-19-8(2)13-9/h4,6-7,16H,5H2,1-3H3/t7-/m1/s1. The zero-order valence-electron chi connectivity index (χ0n) is 11.4. The van der Waals surface area contributed by atoms with Crippen LogP contribution in [0, 0.1) is 17.0 Å². The molecule has 0 saturated carbocycles. The van der Waals surface area contributed by atoms with Crippen LogP contribution in [0.2, 0.25) is 0 Å². The third-order valence-electron chi connectivity index (χ3n) is 2.73. The van der Waals surface area contributed by atoms with E-state index in [1.54, 1.807) is 30.2 Å². The van der Waals surface area contributed by atoms with E-state index in [4.69, 9.17) is 0 Å². The van der Waals surface area contributed by atoms with Crippen LogP contribution < -0.4 is 4.90 Å². The molecule has 20 heavy (non-hydrogen) atoms. The van der Waals surface area contributed by atoms with E-state index in [9.17, 15) is 15.2 Å². The van der Waals surface area contributed by atoms with Crippen LogP contribution >= 0.6 is 22.7 Å². The third kappa shape index (κ3) is 3.14. The summed E-state index contributed by atoms with van der Waals surface area (Å²) in [5, 5.41) is 24.1. The van der Waals surface area contributed by atoms with E-state index < -0.39 is 11.0 Å². The lowest BCUT2D eigenvalue weighted by Gasteiger charge is -2.15. The van der Waals surface area contributed by atoms with Crippen LogP contribution in [0.15, 0.2) is 11.4 Å². The molecule has 0 aliphatic rings. The van der Waals surface area contributed by atoms with Crippen molar-refractivity contribution >= 4 is 33.4 Å². The molecule has 0 radical (unpaired) electrons. The molecule has 0 aliphatic heterocycles. The second kappa shape index (κ2) is 5.86. The van der Waals surface area contributed by atoms with E-state index in [2.05, 4.69) is 4.98 Å².